The molecule has 1 rings (SSSR count). The summed E-state index contributed by atoms with van der Waals surface area (Å²) in [5, 5.41) is 0.192. The molecule has 0 fully saturated rings. The third-order valence-electron chi connectivity index (χ3n) is 0.958. The van der Waals surface area contributed by atoms with E-state index in [0.717, 1.165) is 4.42 Å². The SMILES string of the molecule is ClC1=NC(Cl)=C(Cl)N(Cl)C1Cl. The Kier molecular flexibility index (Phi) is 3.18. The van der Waals surface area contributed by atoms with E-state index in [0.29, 0.717) is 0 Å². The summed E-state index contributed by atoms with van der Waals surface area (Å²) in [6.07, 6.45) is 0. The first-order valence-electron chi connectivity index (χ1n) is 2.42. The minimum absolute atomic E-state index is 0.0311. The zero-order chi connectivity index (χ0) is 8.59. The molecule has 0 aromatic rings. The van der Waals surface area contributed by atoms with Crippen LogP contribution in [0.4, 0.5) is 0 Å². The molecule has 7 heteroatoms. The van der Waals surface area contributed by atoms with Gasteiger partial charge in [0.15, 0.2) is 15.8 Å². The lowest BCUT2D eigenvalue weighted by atomic mass is 10.6. The second-order valence-corrected chi connectivity index (χ2v) is 3.54. The molecule has 0 aromatic carbocycles. The van der Waals surface area contributed by atoms with Gasteiger partial charge in [-0.1, -0.05) is 46.4 Å². The molecule has 0 saturated heterocycles. The first kappa shape index (κ1) is 9.75. The lowest BCUT2D eigenvalue weighted by Crippen LogP contribution is -2.28. The van der Waals surface area contributed by atoms with Crippen LogP contribution >= 0.6 is 58.2 Å². The Balaban J connectivity index is 3.01. The molecular weight excluding hydrogens is 253 g/mol. The van der Waals surface area contributed by atoms with Crippen LogP contribution in [0.15, 0.2) is 15.3 Å². The standard InChI is InChI=1S/C4HCl5N2/c5-1-3(7)11(9)4(8)2(6)10-1/h3H. The van der Waals surface area contributed by atoms with Crippen molar-refractivity contribution >= 4 is 63.4 Å². The van der Waals surface area contributed by atoms with Crippen molar-refractivity contribution in [2.24, 2.45) is 4.99 Å². The predicted octanol–water partition coefficient (Wildman–Crippen LogP) is 3.26. The lowest BCUT2D eigenvalue weighted by Gasteiger charge is -2.23. The Morgan fingerprint density at radius 1 is 1.27 bits per heavy atom. The third kappa shape index (κ3) is 1.87. The van der Waals surface area contributed by atoms with Crippen molar-refractivity contribution in [3.63, 3.8) is 0 Å². The van der Waals surface area contributed by atoms with E-state index in [1.807, 2.05) is 0 Å². The maximum absolute atomic E-state index is 5.63. The van der Waals surface area contributed by atoms with Crippen LogP contribution in [0.2, 0.25) is 0 Å². The van der Waals surface area contributed by atoms with Crippen molar-refractivity contribution < 1.29 is 0 Å². The molecule has 1 aliphatic rings. The van der Waals surface area contributed by atoms with Crippen molar-refractivity contribution in [1.82, 2.24) is 4.42 Å². The van der Waals surface area contributed by atoms with Crippen molar-refractivity contribution in [2.75, 3.05) is 0 Å². The fourth-order valence-electron chi connectivity index (χ4n) is 0.474. The van der Waals surface area contributed by atoms with Crippen LogP contribution in [-0.2, 0) is 0 Å². The average Bonchev–Trinajstić information content (AvgIpc) is 1.97. The van der Waals surface area contributed by atoms with E-state index in [1.54, 1.807) is 0 Å². The average molecular weight is 254 g/mol. The summed E-state index contributed by atoms with van der Waals surface area (Å²) in [4.78, 5) is 3.63. The molecular formula is C4HCl5N2. The minimum atomic E-state index is -0.756. The van der Waals surface area contributed by atoms with Crippen LogP contribution < -0.4 is 0 Å². The van der Waals surface area contributed by atoms with Gasteiger partial charge in [-0.2, -0.15) is 0 Å². The van der Waals surface area contributed by atoms with E-state index in [1.165, 1.54) is 0 Å². The van der Waals surface area contributed by atoms with E-state index >= 15 is 0 Å². The highest BCUT2D eigenvalue weighted by Gasteiger charge is 2.26. The Labute approximate surface area is 88.4 Å². The summed E-state index contributed by atoms with van der Waals surface area (Å²) >= 11 is 27.8. The molecule has 1 atom stereocenters. The van der Waals surface area contributed by atoms with E-state index in [9.17, 15) is 0 Å². The smallest absolute Gasteiger partial charge is 0.173 e. The molecule has 0 aliphatic carbocycles. The van der Waals surface area contributed by atoms with Gasteiger partial charge in [-0.25, -0.2) is 9.41 Å². The molecule has 1 aliphatic heterocycles. The zero-order valence-corrected chi connectivity index (χ0v) is 8.64. The van der Waals surface area contributed by atoms with Crippen LogP contribution in [0.3, 0.4) is 0 Å². The van der Waals surface area contributed by atoms with Crippen LogP contribution in [0.25, 0.3) is 0 Å². The largest absolute Gasteiger partial charge is 0.247 e. The number of rotatable bonds is 0. The molecule has 0 saturated carbocycles. The summed E-state index contributed by atoms with van der Waals surface area (Å²) in [6, 6.07) is 0. The maximum Gasteiger partial charge on any atom is 0.173 e. The van der Waals surface area contributed by atoms with Gasteiger partial charge in [-0.15, -0.1) is 0 Å². The summed E-state index contributed by atoms with van der Waals surface area (Å²) in [5.41, 5.74) is -0.756. The van der Waals surface area contributed by atoms with Crippen molar-refractivity contribution in [3.8, 4) is 0 Å². The van der Waals surface area contributed by atoms with Gasteiger partial charge < -0.3 is 0 Å². The van der Waals surface area contributed by atoms with Gasteiger partial charge in [0.2, 0.25) is 0 Å². The third-order valence-corrected chi connectivity index (χ3v) is 3.04. The number of aliphatic imine (C=N–C) groups is 1. The first-order valence-corrected chi connectivity index (χ1v) is 4.33. The fraction of sp³-hybridized carbons (Fsp3) is 0.250. The minimum Gasteiger partial charge on any atom is -0.247 e. The maximum atomic E-state index is 5.63. The highest BCUT2D eigenvalue weighted by atomic mass is 35.5. The van der Waals surface area contributed by atoms with Gasteiger partial charge in [0, 0.05) is 11.8 Å². The van der Waals surface area contributed by atoms with Gasteiger partial charge in [0.05, 0.1) is 0 Å². The normalized spacial score (nSPS) is 25.7. The van der Waals surface area contributed by atoms with Crippen LogP contribution in [0.1, 0.15) is 0 Å². The van der Waals surface area contributed by atoms with E-state index < -0.39 is 5.50 Å². The molecule has 2 nitrogen and oxygen atoms in total. The second kappa shape index (κ2) is 3.58. The molecule has 0 spiro atoms. The van der Waals surface area contributed by atoms with Gasteiger partial charge >= 0.3 is 0 Å². The molecule has 11 heavy (non-hydrogen) atoms. The summed E-state index contributed by atoms with van der Waals surface area (Å²) < 4.78 is 1.00. The highest BCUT2D eigenvalue weighted by molar-refractivity contribution is 6.72. The molecule has 1 unspecified atom stereocenters. The summed E-state index contributed by atoms with van der Waals surface area (Å²) in [7, 11) is 0. The number of hydrogen-bond acceptors (Lipinski definition) is 2. The van der Waals surface area contributed by atoms with Crippen molar-refractivity contribution in [3.05, 3.63) is 10.3 Å². The monoisotopic (exact) mass is 252 g/mol. The van der Waals surface area contributed by atoms with Crippen molar-refractivity contribution in [1.29, 1.82) is 0 Å². The van der Waals surface area contributed by atoms with Gasteiger partial charge in [0.1, 0.15) is 5.17 Å². The Hall–Kier alpha value is 0.660. The van der Waals surface area contributed by atoms with Crippen molar-refractivity contribution in [2.45, 2.75) is 5.50 Å². The molecule has 0 aromatic heterocycles. The Morgan fingerprint density at radius 3 is 2.36 bits per heavy atom. The van der Waals surface area contributed by atoms with E-state index in [2.05, 4.69) is 4.99 Å². The van der Waals surface area contributed by atoms with Gasteiger partial charge in [0.25, 0.3) is 0 Å². The molecule has 0 bridgehead atoms. The Morgan fingerprint density at radius 2 is 1.82 bits per heavy atom. The van der Waals surface area contributed by atoms with Crippen LogP contribution in [0.5, 0.6) is 0 Å². The fourth-order valence-corrected chi connectivity index (χ4v) is 1.48. The highest BCUT2D eigenvalue weighted by Crippen LogP contribution is 2.31. The summed E-state index contributed by atoms with van der Waals surface area (Å²) in [6.45, 7) is 0. The Bertz CT molecular complexity index is 235. The van der Waals surface area contributed by atoms with E-state index in [4.69, 9.17) is 58.2 Å². The number of halogens is 5. The number of nitrogens with zero attached hydrogens (tertiary/aromatic N) is 2. The number of alkyl halides is 1. The van der Waals surface area contributed by atoms with Gasteiger partial charge in [-0.05, 0) is 0 Å². The van der Waals surface area contributed by atoms with Crippen LogP contribution in [-0.4, -0.2) is 15.1 Å². The lowest BCUT2D eigenvalue weighted by molar-refractivity contribution is 0.623. The summed E-state index contributed by atoms with van der Waals surface area (Å²) in [5.74, 6) is 0. The molecule has 0 amide bonds. The quantitative estimate of drug-likeness (QED) is 0.368. The molecule has 0 N–H and O–H groups in total. The number of hydrogen-bond donors (Lipinski definition) is 0. The molecule has 0 radical (unpaired) electrons. The topological polar surface area (TPSA) is 15.6 Å². The second-order valence-electron chi connectivity index (χ2n) is 1.66. The van der Waals surface area contributed by atoms with Gasteiger partial charge in [-0.3, -0.25) is 0 Å². The predicted molar refractivity (Wildman–Crippen MR) is 49.4 cm³/mol. The molecule has 1 heterocycles. The molecule has 62 valence electrons. The zero-order valence-electron chi connectivity index (χ0n) is 4.86. The van der Waals surface area contributed by atoms with E-state index in [-0.39, 0.29) is 15.5 Å². The van der Waals surface area contributed by atoms with Crippen LogP contribution in [0, 0.1) is 0 Å². The first-order chi connectivity index (χ1) is 5.04.